The van der Waals surface area contributed by atoms with Gasteiger partial charge in [-0.15, -0.1) is 0 Å². The van der Waals surface area contributed by atoms with Gasteiger partial charge in [0.1, 0.15) is 0 Å². The topological polar surface area (TPSA) is 82.3 Å². The van der Waals surface area contributed by atoms with E-state index in [1.807, 2.05) is 0 Å². The number of rotatable bonds is 12. The molecule has 0 fully saturated rings. The Labute approximate surface area is 207 Å². The van der Waals surface area contributed by atoms with Crippen LogP contribution in [0.2, 0.25) is 0 Å². The van der Waals surface area contributed by atoms with Gasteiger partial charge in [-0.05, 0) is 39.2 Å². The fourth-order valence-corrected chi connectivity index (χ4v) is 4.09. The van der Waals surface area contributed by atoms with E-state index in [1.54, 1.807) is 13.8 Å². The fraction of sp³-hybridized carbons (Fsp3) is 0.310. The molecular weight excluding hydrogens is 436 g/mol. The third-order valence-corrected chi connectivity index (χ3v) is 5.91. The first kappa shape index (κ1) is 25.8. The van der Waals surface area contributed by atoms with Crippen LogP contribution in [0, 0.1) is 6.92 Å². The molecule has 3 aromatic carbocycles. The summed E-state index contributed by atoms with van der Waals surface area (Å²) in [4.78, 5) is 23.5. The highest BCUT2D eigenvalue weighted by Crippen LogP contribution is 2.41. The van der Waals surface area contributed by atoms with Gasteiger partial charge < -0.3 is 21.3 Å². The van der Waals surface area contributed by atoms with Crippen LogP contribution in [0.5, 0.6) is 0 Å². The van der Waals surface area contributed by atoms with Gasteiger partial charge in [-0.3, -0.25) is 9.59 Å². The molecule has 0 radical (unpaired) electrons. The van der Waals surface area contributed by atoms with Crippen LogP contribution < -0.4 is 21.3 Å². The van der Waals surface area contributed by atoms with Gasteiger partial charge in [-0.1, -0.05) is 55.6 Å². The number of aryl methyl sites for hydroxylation is 1. The van der Waals surface area contributed by atoms with Crippen molar-refractivity contribution in [3.05, 3.63) is 72.3 Å². The van der Waals surface area contributed by atoms with E-state index in [2.05, 4.69) is 83.8 Å². The minimum Gasteiger partial charge on any atom is -0.384 e. The number of fused-ring (bicyclic) bond motifs is 2. The molecule has 0 atom stereocenters. The molecule has 3 rings (SSSR count). The van der Waals surface area contributed by atoms with Crippen LogP contribution >= 0.6 is 0 Å². The largest absolute Gasteiger partial charge is 0.384 e. The maximum Gasteiger partial charge on any atom is 0.246 e. The highest BCUT2D eigenvalue weighted by molar-refractivity contribution is 6.20. The lowest BCUT2D eigenvalue weighted by Gasteiger charge is -2.20. The molecule has 0 heterocycles. The number of hydrogen-bond donors (Lipinski definition) is 4. The van der Waals surface area contributed by atoms with Gasteiger partial charge in [0.15, 0.2) is 0 Å². The van der Waals surface area contributed by atoms with E-state index in [1.165, 1.54) is 10.9 Å². The summed E-state index contributed by atoms with van der Waals surface area (Å²) in [5, 5.41) is 17.7. The Morgan fingerprint density at radius 2 is 1.17 bits per heavy atom. The molecule has 0 spiro atoms. The van der Waals surface area contributed by atoms with Crippen LogP contribution in [0.4, 0.5) is 11.4 Å². The number of benzene rings is 3. The molecule has 0 saturated carbocycles. The van der Waals surface area contributed by atoms with Crippen molar-refractivity contribution in [2.24, 2.45) is 0 Å². The normalized spacial score (nSPS) is 10.7. The van der Waals surface area contributed by atoms with Gasteiger partial charge in [0.05, 0.1) is 11.4 Å². The van der Waals surface area contributed by atoms with Crippen molar-refractivity contribution in [1.82, 2.24) is 10.6 Å². The molecule has 0 bridgehead atoms. The first-order chi connectivity index (χ1) is 16.8. The summed E-state index contributed by atoms with van der Waals surface area (Å²) < 4.78 is 0. The molecule has 0 unspecified atom stereocenters. The smallest absolute Gasteiger partial charge is 0.246 e. The third kappa shape index (κ3) is 6.41. The summed E-state index contributed by atoms with van der Waals surface area (Å²) >= 11 is 0. The minimum absolute atomic E-state index is 0.105. The van der Waals surface area contributed by atoms with Crippen molar-refractivity contribution in [2.45, 2.75) is 33.6 Å². The van der Waals surface area contributed by atoms with E-state index in [0.29, 0.717) is 24.2 Å². The second kappa shape index (κ2) is 12.1. The summed E-state index contributed by atoms with van der Waals surface area (Å²) in [6, 6.07) is 14.8. The van der Waals surface area contributed by atoms with Gasteiger partial charge in [0, 0.05) is 58.9 Å². The molecule has 3 aromatic rings. The standard InChI is InChI=1S/C29H36N4O2/c1-19(2)28(34)32-17-9-15-30-26-22-12-6-7-13-23(22)27(25-21(5)11-8-14-24(25)26)31-16-10-18-33-29(35)20(3)4/h6-8,11-14,30-31H,1,3,9-10,15-18H2,2,4-5H3,(H,32,34)(H,33,35). The Balaban J connectivity index is 1.82. The highest BCUT2D eigenvalue weighted by atomic mass is 16.2. The summed E-state index contributed by atoms with van der Waals surface area (Å²) in [6.07, 6.45) is 1.60. The third-order valence-electron chi connectivity index (χ3n) is 5.91. The van der Waals surface area contributed by atoms with Crippen LogP contribution in [0.25, 0.3) is 21.5 Å². The predicted molar refractivity (Wildman–Crippen MR) is 148 cm³/mol. The number of carbonyl (C=O) groups is 2. The monoisotopic (exact) mass is 472 g/mol. The Morgan fingerprint density at radius 1 is 0.686 bits per heavy atom. The van der Waals surface area contributed by atoms with E-state index in [0.717, 1.165) is 53.5 Å². The first-order valence-corrected chi connectivity index (χ1v) is 12.1. The van der Waals surface area contributed by atoms with Crippen molar-refractivity contribution < 1.29 is 9.59 Å². The predicted octanol–water partition coefficient (Wildman–Crippen LogP) is 5.29. The second-order valence-corrected chi connectivity index (χ2v) is 8.93. The number of carbonyl (C=O) groups excluding carboxylic acids is 2. The zero-order valence-corrected chi connectivity index (χ0v) is 21.0. The minimum atomic E-state index is -0.105. The lowest BCUT2D eigenvalue weighted by molar-refractivity contribution is -0.118. The van der Waals surface area contributed by atoms with Crippen LogP contribution in [0.1, 0.15) is 32.3 Å². The van der Waals surface area contributed by atoms with Crippen molar-refractivity contribution in [3.8, 4) is 0 Å². The molecule has 6 heteroatoms. The summed E-state index contributed by atoms with van der Waals surface area (Å²) in [5.74, 6) is -0.211. The van der Waals surface area contributed by atoms with E-state index in [9.17, 15) is 9.59 Å². The van der Waals surface area contributed by atoms with Crippen LogP contribution in [0.15, 0.2) is 66.8 Å². The van der Waals surface area contributed by atoms with Crippen LogP contribution in [-0.2, 0) is 9.59 Å². The number of hydrogen-bond acceptors (Lipinski definition) is 4. The fourth-order valence-electron chi connectivity index (χ4n) is 4.09. The Hall–Kier alpha value is -3.80. The maximum absolute atomic E-state index is 11.7. The molecule has 2 amide bonds. The number of amides is 2. The summed E-state index contributed by atoms with van der Waals surface area (Å²) in [7, 11) is 0. The molecule has 0 aromatic heterocycles. The van der Waals surface area contributed by atoms with E-state index < -0.39 is 0 Å². The van der Waals surface area contributed by atoms with Gasteiger partial charge >= 0.3 is 0 Å². The quantitative estimate of drug-likeness (QED) is 0.125. The zero-order chi connectivity index (χ0) is 25.4. The maximum atomic E-state index is 11.7. The van der Waals surface area contributed by atoms with E-state index in [-0.39, 0.29) is 11.8 Å². The van der Waals surface area contributed by atoms with E-state index in [4.69, 9.17) is 0 Å². The Morgan fingerprint density at radius 3 is 1.71 bits per heavy atom. The second-order valence-electron chi connectivity index (χ2n) is 8.93. The summed E-state index contributed by atoms with van der Waals surface area (Å²) in [6.45, 7) is 15.6. The molecule has 0 aliphatic heterocycles. The molecule has 6 nitrogen and oxygen atoms in total. The number of nitrogens with one attached hydrogen (secondary N) is 4. The number of anilines is 2. The Bertz CT molecular complexity index is 1260. The highest BCUT2D eigenvalue weighted by Gasteiger charge is 2.15. The lowest BCUT2D eigenvalue weighted by atomic mass is 9.95. The molecule has 35 heavy (non-hydrogen) atoms. The molecule has 4 N–H and O–H groups in total. The first-order valence-electron chi connectivity index (χ1n) is 12.1. The average molecular weight is 473 g/mol. The van der Waals surface area contributed by atoms with Crippen molar-refractivity contribution in [2.75, 3.05) is 36.8 Å². The SMILES string of the molecule is C=C(C)C(=O)NCCCNc1c2ccccc2c(NCCCNC(=O)C(=C)C)c2c(C)cccc12. The van der Waals surface area contributed by atoms with Crippen LogP contribution in [-0.4, -0.2) is 38.0 Å². The van der Waals surface area contributed by atoms with Crippen molar-refractivity contribution >= 4 is 44.7 Å². The average Bonchev–Trinajstić information content (AvgIpc) is 2.84. The molecule has 0 aliphatic carbocycles. The van der Waals surface area contributed by atoms with Gasteiger partial charge in [-0.25, -0.2) is 0 Å². The van der Waals surface area contributed by atoms with Gasteiger partial charge in [0.25, 0.3) is 0 Å². The molecular formula is C29H36N4O2. The Kier molecular flexibility index (Phi) is 8.90. The van der Waals surface area contributed by atoms with Crippen molar-refractivity contribution in [1.29, 1.82) is 0 Å². The van der Waals surface area contributed by atoms with Crippen LogP contribution in [0.3, 0.4) is 0 Å². The molecule has 184 valence electrons. The molecule has 0 aliphatic rings. The van der Waals surface area contributed by atoms with Gasteiger partial charge in [-0.2, -0.15) is 0 Å². The van der Waals surface area contributed by atoms with Gasteiger partial charge in [0.2, 0.25) is 11.8 Å². The van der Waals surface area contributed by atoms with E-state index >= 15 is 0 Å². The molecule has 0 saturated heterocycles. The zero-order valence-electron chi connectivity index (χ0n) is 21.0. The lowest BCUT2D eigenvalue weighted by Crippen LogP contribution is -2.26. The van der Waals surface area contributed by atoms with Crippen molar-refractivity contribution in [3.63, 3.8) is 0 Å². The summed E-state index contributed by atoms with van der Waals surface area (Å²) in [5.41, 5.74) is 4.45.